The quantitative estimate of drug-likeness (QED) is 0.691. The van der Waals surface area contributed by atoms with Gasteiger partial charge in [-0.15, -0.1) is 12.3 Å². The van der Waals surface area contributed by atoms with Crippen LogP contribution in [0.25, 0.3) is 0 Å². The average Bonchev–Trinajstić information content (AvgIpc) is 2.74. The maximum Gasteiger partial charge on any atom is 0.0250 e. The first-order valence-electron chi connectivity index (χ1n) is 7.06. The molecule has 0 aliphatic carbocycles. The van der Waals surface area contributed by atoms with E-state index in [-0.39, 0.29) is 0 Å². The molecule has 2 nitrogen and oxygen atoms in total. The van der Waals surface area contributed by atoms with Crippen LogP contribution in [0.4, 0.5) is 0 Å². The van der Waals surface area contributed by atoms with Crippen molar-refractivity contribution in [2.24, 2.45) is 5.92 Å². The fourth-order valence-electron chi connectivity index (χ4n) is 3.45. The van der Waals surface area contributed by atoms with Crippen molar-refractivity contribution >= 4 is 0 Å². The van der Waals surface area contributed by atoms with Gasteiger partial charge in [0.1, 0.15) is 0 Å². The van der Waals surface area contributed by atoms with E-state index in [1.807, 2.05) is 0 Å². The summed E-state index contributed by atoms with van der Waals surface area (Å²) in [4.78, 5) is 5.38. The summed E-state index contributed by atoms with van der Waals surface area (Å²) in [5, 5.41) is 0. The summed E-state index contributed by atoms with van der Waals surface area (Å²) < 4.78 is 0. The van der Waals surface area contributed by atoms with Gasteiger partial charge in [0.05, 0.1) is 0 Å². The second-order valence-electron chi connectivity index (χ2n) is 6.06. The van der Waals surface area contributed by atoms with Crippen molar-refractivity contribution in [2.45, 2.75) is 58.2 Å². The van der Waals surface area contributed by atoms with Gasteiger partial charge in [-0.05, 0) is 32.2 Å². The lowest BCUT2D eigenvalue weighted by Gasteiger charge is -2.48. The third kappa shape index (κ3) is 2.67. The maximum atomic E-state index is 5.48. The molecule has 0 aromatic carbocycles. The van der Waals surface area contributed by atoms with Crippen LogP contribution in [0.5, 0.6) is 0 Å². The Kier molecular flexibility index (Phi) is 4.12. The fourth-order valence-corrected chi connectivity index (χ4v) is 3.45. The van der Waals surface area contributed by atoms with Gasteiger partial charge in [0.2, 0.25) is 0 Å². The molecule has 2 saturated heterocycles. The highest BCUT2D eigenvalue weighted by Gasteiger charge is 2.38. The highest BCUT2D eigenvalue weighted by atomic mass is 15.3. The van der Waals surface area contributed by atoms with Gasteiger partial charge in [-0.25, -0.2) is 0 Å². The Morgan fingerprint density at radius 2 is 2.06 bits per heavy atom. The second-order valence-corrected chi connectivity index (χ2v) is 6.06. The van der Waals surface area contributed by atoms with Crippen LogP contribution in [0.3, 0.4) is 0 Å². The van der Waals surface area contributed by atoms with E-state index in [2.05, 4.69) is 36.5 Å². The minimum atomic E-state index is 0.537. The molecular weight excluding hydrogens is 208 g/mol. The third-order valence-corrected chi connectivity index (χ3v) is 4.52. The Morgan fingerprint density at radius 3 is 2.71 bits per heavy atom. The molecule has 0 radical (unpaired) electrons. The topological polar surface area (TPSA) is 6.48 Å². The molecule has 2 aliphatic rings. The average molecular weight is 234 g/mol. The summed E-state index contributed by atoms with van der Waals surface area (Å²) in [6.07, 6.45) is 9.12. The number of hydrogen-bond donors (Lipinski definition) is 0. The van der Waals surface area contributed by atoms with Gasteiger partial charge in [-0.3, -0.25) is 9.80 Å². The summed E-state index contributed by atoms with van der Waals surface area (Å²) in [6.45, 7) is 10.8. The predicted molar refractivity (Wildman–Crippen MR) is 72.8 cm³/mol. The third-order valence-electron chi connectivity index (χ3n) is 4.52. The second kappa shape index (κ2) is 5.42. The molecule has 0 amide bonds. The predicted octanol–water partition coefficient (Wildman–Crippen LogP) is 2.20. The first-order chi connectivity index (χ1) is 8.13. The van der Waals surface area contributed by atoms with Crippen molar-refractivity contribution in [3.63, 3.8) is 0 Å². The van der Waals surface area contributed by atoms with Gasteiger partial charge in [0.25, 0.3) is 0 Å². The Labute approximate surface area is 106 Å². The zero-order valence-corrected chi connectivity index (χ0v) is 11.5. The Morgan fingerprint density at radius 1 is 1.29 bits per heavy atom. The van der Waals surface area contributed by atoms with Gasteiger partial charge in [-0.2, -0.15) is 0 Å². The maximum absolute atomic E-state index is 5.48. The smallest absolute Gasteiger partial charge is 0.0250 e. The van der Waals surface area contributed by atoms with Crippen LogP contribution in [-0.2, 0) is 0 Å². The monoisotopic (exact) mass is 234 g/mol. The Hall–Kier alpha value is -0.520. The van der Waals surface area contributed by atoms with Crippen LogP contribution in [-0.4, -0.2) is 47.6 Å². The van der Waals surface area contributed by atoms with Gasteiger partial charge < -0.3 is 0 Å². The molecule has 2 heteroatoms. The van der Waals surface area contributed by atoms with Gasteiger partial charge >= 0.3 is 0 Å². The molecule has 3 atom stereocenters. The molecule has 0 N–H and O–H groups in total. The Balaban J connectivity index is 2.08. The SMILES string of the molecule is C#CCC(C)N1CC2CCCN2CC1C(C)C. The number of fused-ring (bicyclic) bond motifs is 1. The molecule has 0 aromatic rings. The minimum Gasteiger partial charge on any atom is -0.298 e. The van der Waals surface area contributed by atoms with Crippen molar-refractivity contribution < 1.29 is 0 Å². The van der Waals surface area contributed by atoms with Crippen molar-refractivity contribution in [2.75, 3.05) is 19.6 Å². The van der Waals surface area contributed by atoms with Crippen LogP contribution >= 0.6 is 0 Å². The molecule has 0 spiro atoms. The number of piperazine rings is 1. The standard InChI is InChI=1S/C15H26N2/c1-5-7-13(4)17-10-14-8-6-9-16(14)11-15(17)12(2)3/h1,12-15H,6-11H2,2-4H3. The lowest BCUT2D eigenvalue weighted by molar-refractivity contribution is 0.00605. The van der Waals surface area contributed by atoms with Crippen LogP contribution in [0.15, 0.2) is 0 Å². The zero-order valence-electron chi connectivity index (χ0n) is 11.5. The normalized spacial score (nSPS) is 32.4. The van der Waals surface area contributed by atoms with Crippen LogP contribution < -0.4 is 0 Å². The lowest BCUT2D eigenvalue weighted by atomic mass is 9.95. The lowest BCUT2D eigenvalue weighted by Crippen LogP contribution is -2.60. The summed E-state index contributed by atoms with van der Waals surface area (Å²) in [7, 11) is 0. The summed E-state index contributed by atoms with van der Waals surface area (Å²) in [5.74, 6) is 3.55. The Bertz CT molecular complexity index is 292. The highest BCUT2D eigenvalue weighted by molar-refractivity contribution is 4.98. The largest absolute Gasteiger partial charge is 0.298 e. The van der Waals surface area contributed by atoms with E-state index in [1.165, 1.54) is 32.5 Å². The van der Waals surface area contributed by atoms with Crippen LogP contribution in [0.1, 0.15) is 40.0 Å². The first kappa shape index (κ1) is 12.9. The van der Waals surface area contributed by atoms with E-state index >= 15 is 0 Å². The van der Waals surface area contributed by atoms with E-state index in [1.54, 1.807) is 0 Å². The van der Waals surface area contributed by atoms with Crippen molar-refractivity contribution in [1.82, 2.24) is 9.80 Å². The number of nitrogens with zero attached hydrogens (tertiary/aromatic N) is 2. The van der Waals surface area contributed by atoms with Crippen molar-refractivity contribution in [3.8, 4) is 12.3 Å². The van der Waals surface area contributed by atoms with E-state index in [9.17, 15) is 0 Å². The van der Waals surface area contributed by atoms with E-state index < -0.39 is 0 Å². The van der Waals surface area contributed by atoms with Gasteiger partial charge in [0, 0.05) is 37.6 Å². The molecule has 0 saturated carbocycles. The number of rotatable bonds is 3. The minimum absolute atomic E-state index is 0.537. The van der Waals surface area contributed by atoms with E-state index in [0.29, 0.717) is 12.1 Å². The van der Waals surface area contributed by atoms with Crippen molar-refractivity contribution in [1.29, 1.82) is 0 Å². The van der Waals surface area contributed by atoms with Gasteiger partial charge in [-0.1, -0.05) is 13.8 Å². The van der Waals surface area contributed by atoms with Crippen LogP contribution in [0, 0.1) is 18.3 Å². The van der Waals surface area contributed by atoms with E-state index in [0.717, 1.165) is 18.4 Å². The zero-order chi connectivity index (χ0) is 12.4. The van der Waals surface area contributed by atoms with Crippen LogP contribution in [0.2, 0.25) is 0 Å². The fraction of sp³-hybridized carbons (Fsp3) is 0.867. The molecular formula is C15H26N2. The molecule has 2 rings (SSSR count). The molecule has 2 aliphatic heterocycles. The number of hydrogen-bond acceptors (Lipinski definition) is 2. The summed E-state index contributed by atoms with van der Waals surface area (Å²) in [5.41, 5.74) is 0. The molecule has 2 heterocycles. The molecule has 3 unspecified atom stereocenters. The summed E-state index contributed by atoms with van der Waals surface area (Å²) in [6, 6.07) is 2.02. The van der Waals surface area contributed by atoms with Crippen molar-refractivity contribution in [3.05, 3.63) is 0 Å². The molecule has 0 aromatic heterocycles. The molecule has 17 heavy (non-hydrogen) atoms. The highest BCUT2D eigenvalue weighted by Crippen LogP contribution is 2.29. The van der Waals surface area contributed by atoms with E-state index in [4.69, 9.17) is 6.42 Å². The summed E-state index contributed by atoms with van der Waals surface area (Å²) >= 11 is 0. The molecule has 2 fully saturated rings. The molecule has 0 bridgehead atoms. The number of terminal acetylenes is 1. The van der Waals surface area contributed by atoms with Gasteiger partial charge in [0.15, 0.2) is 0 Å². The first-order valence-corrected chi connectivity index (χ1v) is 7.06. The molecule has 96 valence electrons.